The van der Waals surface area contributed by atoms with Gasteiger partial charge in [0, 0.05) is 33.2 Å². The molecule has 0 radical (unpaired) electrons. The van der Waals surface area contributed by atoms with Gasteiger partial charge in [-0.15, -0.1) is 0 Å². The number of rotatable bonds is 9. The van der Waals surface area contributed by atoms with Crippen molar-refractivity contribution in [2.24, 2.45) is 11.5 Å². The highest BCUT2D eigenvalue weighted by atomic mass is 35.5. The first-order chi connectivity index (χ1) is 15.5. The van der Waals surface area contributed by atoms with Crippen LogP contribution in [0.2, 0.25) is 10.0 Å². The van der Waals surface area contributed by atoms with Gasteiger partial charge in [0.05, 0.1) is 16.6 Å². The Morgan fingerprint density at radius 3 is 1.72 bits per heavy atom. The Labute approximate surface area is 198 Å². The van der Waals surface area contributed by atoms with E-state index in [4.69, 9.17) is 34.7 Å². The molecule has 0 aliphatic carbocycles. The van der Waals surface area contributed by atoms with Crippen LogP contribution in [0.4, 0.5) is 0 Å². The second-order valence-electron chi connectivity index (χ2n) is 8.32. The van der Waals surface area contributed by atoms with Gasteiger partial charge in [-0.3, -0.25) is 9.97 Å². The van der Waals surface area contributed by atoms with Crippen molar-refractivity contribution >= 4 is 45.0 Å². The molecule has 0 spiro atoms. The van der Waals surface area contributed by atoms with Crippen LogP contribution in [-0.2, 0) is 5.54 Å². The maximum Gasteiger partial charge on any atom is 0.0720 e. The van der Waals surface area contributed by atoms with Gasteiger partial charge in [-0.1, -0.05) is 61.0 Å². The van der Waals surface area contributed by atoms with Crippen molar-refractivity contribution in [3.63, 3.8) is 0 Å². The normalized spacial score (nSPS) is 12.0. The van der Waals surface area contributed by atoms with Crippen LogP contribution in [0, 0.1) is 0 Å². The summed E-state index contributed by atoms with van der Waals surface area (Å²) in [4.78, 5) is 9.06. The SMILES string of the molecule is NCCCCCCCC(N)(c1ccnc2cc(Cl)ccc12)c1ccnc2cc(Cl)ccc12. The molecule has 0 bridgehead atoms. The molecule has 0 atom stereocenters. The minimum Gasteiger partial charge on any atom is -0.330 e. The molecule has 4 N–H and O–H groups in total. The highest BCUT2D eigenvalue weighted by Crippen LogP contribution is 2.39. The van der Waals surface area contributed by atoms with Gasteiger partial charge in [0.25, 0.3) is 0 Å². The molecular weight excluding hydrogens is 439 g/mol. The fraction of sp³-hybridized carbons (Fsp3) is 0.308. The number of hydrogen-bond acceptors (Lipinski definition) is 4. The first-order valence-corrected chi connectivity index (χ1v) is 11.9. The number of nitrogens with zero attached hydrogens (tertiary/aromatic N) is 2. The van der Waals surface area contributed by atoms with Crippen molar-refractivity contribution in [2.45, 2.75) is 44.1 Å². The van der Waals surface area contributed by atoms with E-state index in [2.05, 4.69) is 9.97 Å². The summed E-state index contributed by atoms with van der Waals surface area (Å²) in [6.45, 7) is 0.748. The Morgan fingerprint density at radius 2 is 1.19 bits per heavy atom. The second kappa shape index (κ2) is 10.1. The van der Waals surface area contributed by atoms with Crippen molar-refractivity contribution in [3.8, 4) is 0 Å². The van der Waals surface area contributed by atoms with Gasteiger partial charge >= 0.3 is 0 Å². The zero-order valence-electron chi connectivity index (χ0n) is 18.0. The number of fused-ring (bicyclic) bond motifs is 2. The molecule has 0 saturated carbocycles. The van der Waals surface area contributed by atoms with Crippen LogP contribution in [-0.4, -0.2) is 16.5 Å². The maximum absolute atomic E-state index is 7.35. The molecule has 0 saturated heterocycles. The Kier molecular flexibility index (Phi) is 7.27. The lowest BCUT2D eigenvalue weighted by Gasteiger charge is -2.33. The van der Waals surface area contributed by atoms with Gasteiger partial charge < -0.3 is 11.5 Å². The van der Waals surface area contributed by atoms with Gasteiger partial charge in [0.1, 0.15) is 0 Å². The van der Waals surface area contributed by atoms with E-state index in [1.165, 1.54) is 0 Å². The Bertz CT molecular complexity index is 1140. The van der Waals surface area contributed by atoms with Crippen molar-refractivity contribution in [2.75, 3.05) is 6.54 Å². The number of nitrogens with two attached hydrogens (primary N) is 2. The van der Waals surface area contributed by atoms with Crippen molar-refractivity contribution in [1.82, 2.24) is 9.97 Å². The fourth-order valence-corrected chi connectivity index (χ4v) is 4.85. The summed E-state index contributed by atoms with van der Waals surface area (Å²) in [5.74, 6) is 0. The summed E-state index contributed by atoms with van der Waals surface area (Å²) < 4.78 is 0. The van der Waals surface area contributed by atoms with Crippen LogP contribution in [0.1, 0.15) is 49.7 Å². The number of aromatic nitrogens is 2. The lowest BCUT2D eigenvalue weighted by molar-refractivity contribution is 0.458. The van der Waals surface area contributed by atoms with E-state index in [-0.39, 0.29) is 0 Å². The molecule has 166 valence electrons. The molecular formula is C26H28Cl2N4. The third-order valence-corrected chi connectivity index (χ3v) is 6.62. The molecule has 2 aromatic carbocycles. The summed E-state index contributed by atoms with van der Waals surface area (Å²) in [5.41, 5.74) is 16.1. The maximum atomic E-state index is 7.35. The van der Waals surface area contributed by atoms with Crippen LogP contribution >= 0.6 is 23.2 Å². The zero-order valence-corrected chi connectivity index (χ0v) is 19.5. The summed E-state index contributed by atoms with van der Waals surface area (Å²) in [6.07, 6.45) is 9.94. The molecule has 2 heterocycles. The molecule has 2 aromatic heterocycles. The number of unbranched alkanes of at least 4 members (excludes halogenated alkanes) is 4. The van der Waals surface area contributed by atoms with E-state index >= 15 is 0 Å². The van der Waals surface area contributed by atoms with Gasteiger partial charge in [0.2, 0.25) is 0 Å². The molecule has 4 nitrogen and oxygen atoms in total. The summed E-state index contributed by atoms with van der Waals surface area (Å²) >= 11 is 12.5. The molecule has 6 heteroatoms. The standard InChI is InChI=1S/C26H28Cl2N4/c27-18-6-8-20-22(10-14-31-24(20)16-18)26(30,12-4-2-1-3-5-13-29)23-11-15-32-25-17-19(28)7-9-21(23)25/h6-11,14-17H,1-5,12-13,29-30H2. The molecule has 32 heavy (non-hydrogen) atoms. The smallest absolute Gasteiger partial charge is 0.0720 e. The number of benzene rings is 2. The van der Waals surface area contributed by atoms with Gasteiger partial charge in [0.15, 0.2) is 0 Å². The van der Waals surface area contributed by atoms with E-state index < -0.39 is 5.54 Å². The highest BCUT2D eigenvalue weighted by molar-refractivity contribution is 6.31. The predicted molar refractivity (Wildman–Crippen MR) is 135 cm³/mol. The van der Waals surface area contributed by atoms with Crippen LogP contribution < -0.4 is 11.5 Å². The molecule has 0 aliphatic heterocycles. The zero-order chi connectivity index (χ0) is 22.6. The van der Waals surface area contributed by atoms with Crippen LogP contribution in [0.15, 0.2) is 60.9 Å². The monoisotopic (exact) mass is 466 g/mol. The van der Waals surface area contributed by atoms with Gasteiger partial charge in [-0.2, -0.15) is 0 Å². The topological polar surface area (TPSA) is 77.8 Å². The fourth-order valence-electron chi connectivity index (χ4n) is 4.51. The molecule has 0 amide bonds. The number of halogens is 2. The summed E-state index contributed by atoms with van der Waals surface area (Å²) in [6, 6.07) is 15.7. The van der Waals surface area contributed by atoms with Crippen LogP contribution in [0.25, 0.3) is 21.8 Å². The van der Waals surface area contributed by atoms with E-state index in [1.54, 1.807) is 0 Å². The van der Waals surface area contributed by atoms with Crippen LogP contribution in [0.3, 0.4) is 0 Å². The summed E-state index contributed by atoms with van der Waals surface area (Å²) in [7, 11) is 0. The Hall–Kier alpha value is -2.24. The molecule has 0 fully saturated rings. The van der Waals surface area contributed by atoms with E-state index in [9.17, 15) is 0 Å². The molecule has 0 unspecified atom stereocenters. The summed E-state index contributed by atoms with van der Waals surface area (Å²) in [5, 5.41) is 3.35. The minimum absolute atomic E-state index is 0.661. The predicted octanol–water partition coefficient (Wildman–Crippen LogP) is 6.59. The molecule has 4 aromatic rings. The largest absolute Gasteiger partial charge is 0.330 e. The second-order valence-corrected chi connectivity index (χ2v) is 9.19. The average Bonchev–Trinajstić information content (AvgIpc) is 2.80. The Morgan fingerprint density at radius 1 is 0.688 bits per heavy atom. The van der Waals surface area contributed by atoms with E-state index in [0.29, 0.717) is 10.0 Å². The van der Waals surface area contributed by atoms with Gasteiger partial charge in [-0.25, -0.2) is 0 Å². The van der Waals surface area contributed by atoms with Crippen molar-refractivity contribution in [1.29, 1.82) is 0 Å². The van der Waals surface area contributed by atoms with Crippen LogP contribution in [0.5, 0.6) is 0 Å². The van der Waals surface area contributed by atoms with Crippen molar-refractivity contribution in [3.05, 3.63) is 82.1 Å². The van der Waals surface area contributed by atoms with E-state index in [1.807, 2.05) is 60.9 Å². The minimum atomic E-state index is -0.710. The number of pyridine rings is 2. The average molecular weight is 467 g/mol. The first kappa shape index (κ1) is 22.9. The highest BCUT2D eigenvalue weighted by Gasteiger charge is 2.32. The van der Waals surface area contributed by atoms with E-state index in [0.717, 1.165) is 78.0 Å². The lowest BCUT2D eigenvalue weighted by atomic mass is 9.77. The van der Waals surface area contributed by atoms with Gasteiger partial charge in [-0.05, 0) is 66.9 Å². The van der Waals surface area contributed by atoms with Crippen molar-refractivity contribution < 1.29 is 0 Å². The lowest BCUT2D eigenvalue weighted by Crippen LogP contribution is -2.38. The molecule has 0 aliphatic rings. The Balaban J connectivity index is 1.82. The first-order valence-electron chi connectivity index (χ1n) is 11.1. The third kappa shape index (κ3) is 4.74. The molecule has 4 rings (SSSR count). The third-order valence-electron chi connectivity index (χ3n) is 6.15. The number of hydrogen-bond donors (Lipinski definition) is 2. The quantitative estimate of drug-likeness (QED) is 0.272.